The molecule has 1 atom stereocenters. The first-order chi connectivity index (χ1) is 12.9. The zero-order chi connectivity index (χ0) is 19.8. The Kier molecular flexibility index (Phi) is 8.32. The Hall–Kier alpha value is -1.85. The van der Waals surface area contributed by atoms with Crippen LogP contribution in [0.4, 0.5) is 0 Å². The molecule has 0 aromatic heterocycles. The summed E-state index contributed by atoms with van der Waals surface area (Å²) in [5.74, 6) is -0.290. The molecular weight excluding hydrogens is 428 g/mol. The third-order valence-electron chi connectivity index (χ3n) is 4.26. The van der Waals surface area contributed by atoms with Crippen LogP contribution in [-0.2, 0) is 22.6 Å². The predicted molar refractivity (Wildman–Crippen MR) is 113 cm³/mol. The molecule has 0 aliphatic carbocycles. The van der Waals surface area contributed by atoms with E-state index in [4.69, 9.17) is 11.6 Å². The number of hydrogen-bond donors (Lipinski definition) is 1. The van der Waals surface area contributed by atoms with Gasteiger partial charge in [0, 0.05) is 22.6 Å². The lowest BCUT2D eigenvalue weighted by Crippen LogP contribution is -2.48. The fourth-order valence-electron chi connectivity index (χ4n) is 2.72. The van der Waals surface area contributed by atoms with E-state index in [0.29, 0.717) is 18.1 Å². The molecule has 0 heterocycles. The number of benzene rings is 2. The van der Waals surface area contributed by atoms with E-state index in [9.17, 15) is 9.59 Å². The monoisotopic (exact) mass is 450 g/mol. The van der Waals surface area contributed by atoms with Gasteiger partial charge in [0.25, 0.3) is 0 Å². The standard InChI is InChI=1S/C21H24BrClN2O2/c1-3-11-24-21(27)15(2)25(14-16-7-6-9-18(22)12-16)20(26)13-17-8-4-5-10-19(17)23/h4-10,12,15H,3,11,13-14H2,1-2H3,(H,24,27). The van der Waals surface area contributed by atoms with Crippen molar-refractivity contribution in [3.63, 3.8) is 0 Å². The first kappa shape index (κ1) is 21.5. The summed E-state index contributed by atoms with van der Waals surface area (Å²) in [5.41, 5.74) is 1.71. The van der Waals surface area contributed by atoms with E-state index < -0.39 is 6.04 Å². The van der Waals surface area contributed by atoms with Crippen molar-refractivity contribution in [1.82, 2.24) is 10.2 Å². The molecule has 0 aliphatic heterocycles. The van der Waals surface area contributed by atoms with Crippen molar-refractivity contribution in [1.29, 1.82) is 0 Å². The minimum atomic E-state index is -0.578. The van der Waals surface area contributed by atoms with Crippen LogP contribution in [0.5, 0.6) is 0 Å². The third-order valence-corrected chi connectivity index (χ3v) is 5.12. The second-order valence-corrected chi connectivity index (χ2v) is 7.71. The molecule has 0 saturated heterocycles. The molecule has 1 unspecified atom stereocenters. The number of hydrogen-bond acceptors (Lipinski definition) is 2. The molecule has 6 heteroatoms. The van der Waals surface area contributed by atoms with Gasteiger partial charge in [-0.15, -0.1) is 0 Å². The van der Waals surface area contributed by atoms with E-state index >= 15 is 0 Å². The minimum Gasteiger partial charge on any atom is -0.354 e. The van der Waals surface area contributed by atoms with Crippen LogP contribution in [0.1, 0.15) is 31.4 Å². The Balaban J connectivity index is 2.23. The molecule has 0 fully saturated rings. The maximum Gasteiger partial charge on any atom is 0.242 e. The summed E-state index contributed by atoms with van der Waals surface area (Å²) >= 11 is 9.66. The lowest BCUT2D eigenvalue weighted by Gasteiger charge is -2.29. The molecule has 2 aromatic rings. The fraction of sp³-hybridized carbons (Fsp3) is 0.333. The topological polar surface area (TPSA) is 49.4 Å². The first-order valence-electron chi connectivity index (χ1n) is 8.97. The highest BCUT2D eigenvalue weighted by Crippen LogP contribution is 2.19. The van der Waals surface area contributed by atoms with E-state index in [2.05, 4.69) is 21.2 Å². The van der Waals surface area contributed by atoms with Gasteiger partial charge < -0.3 is 10.2 Å². The van der Waals surface area contributed by atoms with Crippen LogP contribution in [0.3, 0.4) is 0 Å². The van der Waals surface area contributed by atoms with Gasteiger partial charge in [-0.2, -0.15) is 0 Å². The summed E-state index contributed by atoms with van der Waals surface area (Å²) in [5, 5.41) is 3.42. The summed E-state index contributed by atoms with van der Waals surface area (Å²) in [6.45, 7) is 4.69. The Morgan fingerprint density at radius 2 is 1.93 bits per heavy atom. The summed E-state index contributed by atoms with van der Waals surface area (Å²) in [6, 6.07) is 14.4. The largest absolute Gasteiger partial charge is 0.354 e. The van der Waals surface area contributed by atoms with E-state index in [1.807, 2.05) is 49.4 Å². The first-order valence-corrected chi connectivity index (χ1v) is 10.1. The molecule has 4 nitrogen and oxygen atoms in total. The van der Waals surface area contributed by atoms with E-state index in [0.717, 1.165) is 22.0 Å². The number of nitrogens with one attached hydrogen (secondary N) is 1. The summed E-state index contributed by atoms with van der Waals surface area (Å²) in [6.07, 6.45) is 0.997. The van der Waals surface area contributed by atoms with Crippen molar-refractivity contribution >= 4 is 39.3 Å². The Morgan fingerprint density at radius 3 is 2.59 bits per heavy atom. The third kappa shape index (κ3) is 6.36. The molecule has 0 radical (unpaired) electrons. The Bertz CT molecular complexity index is 797. The van der Waals surface area contributed by atoms with Crippen molar-refractivity contribution in [2.75, 3.05) is 6.54 Å². The van der Waals surface area contributed by atoms with Gasteiger partial charge in [-0.25, -0.2) is 0 Å². The highest BCUT2D eigenvalue weighted by Gasteiger charge is 2.26. The SMILES string of the molecule is CCCNC(=O)C(C)N(Cc1cccc(Br)c1)C(=O)Cc1ccccc1Cl. The van der Waals surface area contributed by atoms with Crippen molar-refractivity contribution < 1.29 is 9.59 Å². The van der Waals surface area contributed by atoms with Gasteiger partial charge in [0.1, 0.15) is 6.04 Å². The van der Waals surface area contributed by atoms with Crippen LogP contribution in [0.2, 0.25) is 5.02 Å². The molecule has 1 N–H and O–H groups in total. The van der Waals surface area contributed by atoms with Crippen LogP contribution in [-0.4, -0.2) is 29.3 Å². The van der Waals surface area contributed by atoms with Gasteiger partial charge in [-0.1, -0.05) is 64.8 Å². The van der Waals surface area contributed by atoms with Gasteiger partial charge in [0.15, 0.2) is 0 Å². The van der Waals surface area contributed by atoms with Crippen LogP contribution >= 0.6 is 27.5 Å². The van der Waals surface area contributed by atoms with Crippen molar-refractivity contribution in [3.05, 3.63) is 69.2 Å². The average molecular weight is 452 g/mol. The number of carbonyl (C=O) groups is 2. The molecule has 0 bridgehead atoms. The maximum absolute atomic E-state index is 13.0. The Labute approximate surface area is 174 Å². The van der Waals surface area contributed by atoms with Gasteiger partial charge in [-0.3, -0.25) is 9.59 Å². The van der Waals surface area contributed by atoms with E-state index in [1.165, 1.54) is 0 Å². The molecule has 0 saturated carbocycles. The highest BCUT2D eigenvalue weighted by molar-refractivity contribution is 9.10. The number of amides is 2. The van der Waals surface area contributed by atoms with E-state index in [-0.39, 0.29) is 18.2 Å². The number of halogens is 2. The second-order valence-electron chi connectivity index (χ2n) is 6.39. The van der Waals surface area contributed by atoms with Crippen LogP contribution in [0.15, 0.2) is 53.0 Å². The highest BCUT2D eigenvalue weighted by atomic mass is 79.9. The van der Waals surface area contributed by atoms with Gasteiger partial charge in [-0.05, 0) is 42.7 Å². The molecule has 0 aliphatic rings. The molecule has 27 heavy (non-hydrogen) atoms. The summed E-state index contributed by atoms with van der Waals surface area (Å²) in [7, 11) is 0. The van der Waals surface area contributed by atoms with Crippen LogP contribution < -0.4 is 5.32 Å². The van der Waals surface area contributed by atoms with Crippen molar-refractivity contribution in [2.45, 2.75) is 39.3 Å². The minimum absolute atomic E-state index is 0.137. The zero-order valence-corrected chi connectivity index (χ0v) is 17.9. The molecule has 2 amide bonds. The molecule has 144 valence electrons. The van der Waals surface area contributed by atoms with Gasteiger partial charge in [0.2, 0.25) is 11.8 Å². The lowest BCUT2D eigenvalue weighted by atomic mass is 10.1. The van der Waals surface area contributed by atoms with Gasteiger partial charge >= 0.3 is 0 Å². The van der Waals surface area contributed by atoms with Crippen LogP contribution in [0, 0.1) is 0 Å². The maximum atomic E-state index is 13.0. The quantitative estimate of drug-likeness (QED) is 0.638. The smallest absolute Gasteiger partial charge is 0.242 e. The molecule has 0 spiro atoms. The number of carbonyl (C=O) groups excluding carboxylic acids is 2. The molecule has 2 rings (SSSR count). The summed E-state index contributed by atoms with van der Waals surface area (Å²) < 4.78 is 0.932. The molecule has 2 aromatic carbocycles. The molecular formula is C21H24BrClN2O2. The summed E-state index contributed by atoms with van der Waals surface area (Å²) in [4.78, 5) is 27.1. The zero-order valence-electron chi connectivity index (χ0n) is 15.5. The predicted octanol–water partition coefficient (Wildman–Crippen LogP) is 4.59. The second kappa shape index (κ2) is 10.5. The lowest BCUT2D eigenvalue weighted by molar-refractivity contribution is -0.140. The number of nitrogens with zero attached hydrogens (tertiary/aromatic N) is 1. The fourth-order valence-corrected chi connectivity index (χ4v) is 3.37. The van der Waals surface area contributed by atoms with Gasteiger partial charge in [0.05, 0.1) is 6.42 Å². The number of rotatable bonds is 8. The van der Waals surface area contributed by atoms with Crippen LogP contribution in [0.25, 0.3) is 0 Å². The van der Waals surface area contributed by atoms with E-state index in [1.54, 1.807) is 17.9 Å². The normalized spacial score (nSPS) is 11.7. The van der Waals surface area contributed by atoms with Crippen molar-refractivity contribution in [2.24, 2.45) is 0 Å². The Morgan fingerprint density at radius 1 is 1.19 bits per heavy atom. The average Bonchev–Trinajstić information content (AvgIpc) is 2.65. The van der Waals surface area contributed by atoms with Crippen molar-refractivity contribution in [3.8, 4) is 0 Å².